The molecule has 4 aromatic heterocycles. The minimum absolute atomic E-state index is 0.00684. The summed E-state index contributed by atoms with van der Waals surface area (Å²) in [5, 5.41) is 28.6. The van der Waals surface area contributed by atoms with Gasteiger partial charge in [-0.3, -0.25) is 19.9 Å². The van der Waals surface area contributed by atoms with E-state index in [1.807, 2.05) is 46.7 Å². The number of amidine groups is 1. The Morgan fingerprint density at radius 1 is 1.38 bits per heavy atom. The molecular weight excluding hydrogens is 662 g/mol. The number of thiophene rings is 1. The molecule has 6 rings (SSSR count). The fourth-order valence-electron chi connectivity index (χ4n) is 5.15. The predicted octanol–water partition coefficient (Wildman–Crippen LogP) is 0.469. The first-order valence-electron chi connectivity index (χ1n) is 13.2. The van der Waals surface area contributed by atoms with E-state index in [0.717, 1.165) is 32.0 Å². The summed E-state index contributed by atoms with van der Waals surface area (Å²) in [6.07, 6.45) is 5.72. The summed E-state index contributed by atoms with van der Waals surface area (Å²) >= 11 is 9.94. The minimum atomic E-state index is -1.48. The Bertz CT molecular complexity index is 1950. The second kappa shape index (κ2) is 12.2. The number of amides is 2. The minimum Gasteiger partial charge on any atom is -0.543 e. The summed E-state index contributed by atoms with van der Waals surface area (Å²) in [6, 6.07) is 4.78. The number of β-lactam (4-membered cyclic amide) rings is 1. The highest BCUT2D eigenvalue weighted by Crippen LogP contribution is 2.40. The standard InChI is InChI=1S/C27H24ClN9O5S3/c1-42-34-18(17-21(28)45-27(31)33-17)23(38)32-19-24(39)37-20(26(40)41)14(11-44-25(19)37)7-35-4-2-12-3-5-36(16(12)9-35)8-15-6-13(10-43-15)22(29)30/h2-6,9-10,19,25H,7-8,11H2,1H3,(H6-,29,30,31,32,33,38,40,41)/b34-18-/t19-,25-/m1/s1. The smallest absolute Gasteiger partial charge is 0.276 e. The molecule has 4 aromatic rings. The van der Waals surface area contributed by atoms with Crippen LogP contribution in [0.5, 0.6) is 0 Å². The zero-order chi connectivity index (χ0) is 32.0. The Morgan fingerprint density at radius 3 is 2.84 bits per heavy atom. The first-order valence-corrected chi connectivity index (χ1v) is 16.3. The van der Waals surface area contributed by atoms with Gasteiger partial charge in [-0.1, -0.05) is 28.1 Å². The van der Waals surface area contributed by atoms with Crippen LogP contribution in [0, 0.1) is 5.41 Å². The molecule has 2 atom stereocenters. The largest absolute Gasteiger partial charge is 0.543 e. The zero-order valence-corrected chi connectivity index (χ0v) is 26.6. The van der Waals surface area contributed by atoms with Gasteiger partial charge in [-0.2, -0.15) is 4.57 Å². The number of carboxylic acid groups (broad SMARTS) is 1. The first kappa shape index (κ1) is 30.6. The number of aliphatic carboxylic acids is 1. The average molecular weight is 686 g/mol. The number of anilines is 1. The molecule has 0 aromatic carbocycles. The van der Waals surface area contributed by atoms with Crippen molar-refractivity contribution in [3.63, 3.8) is 0 Å². The average Bonchev–Trinajstić information content (AvgIpc) is 3.73. The van der Waals surface area contributed by atoms with Crippen LogP contribution in [-0.2, 0) is 32.3 Å². The van der Waals surface area contributed by atoms with Gasteiger partial charge >= 0.3 is 0 Å². The quantitative estimate of drug-likeness (QED) is 0.0600. The lowest BCUT2D eigenvalue weighted by molar-refractivity contribution is -0.687. The van der Waals surface area contributed by atoms with E-state index in [1.165, 1.54) is 30.2 Å². The molecule has 232 valence electrons. The number of carboxylic acids is 1. The van der Waals surface area contributed by atoms with Crippen molar-refractivity contribution in [3.05, 3.63) is 73.9 Å². The van der Waals surface area contributed by atoms with Crippen LogP contribution in [0.1, 0.15) is 16.1 Å². The number of aromatic nitrogens is 3. The molecule has 18 heteroatoms. The molecule has 0 bridgehead atoms. The number of hydrogen-bond donors (Lipinski definition) is 4. The van der Waals surface area contributed by atoms with Crippen molar-refractivity contribution in [3.8, 4) is 0 Å². The number of oxime groups is 1. The molecule has 1 fully saturated rings. The fourth-order valence-corrected chi connectivity index (χ4v) is 8.29. The number of carbonyl (C=O) groups excluding carboxylic acids is 3. The van der Waals surface area contributed by atoms with Gasteiger partial charge in [-0.25, -0.2) is 4.98 Å². The van der Waals surface area contributed by atoms with E-state index in [-0.39, 0.29) is 44.7 Å². The Labute approximate surface area is 272 Å². The second-order valence-corrected chi connectivity index (χ2v) is 13.7. The van der Waals surface area contributed by atoms with Crippen molar-refractivity contribution in [2.24, 2.45) is 10.9 Å². The van der Waals surface area contributed by atoms with Crippen LogP contribution in [0.4, 0.5) is 5.13 Å². The summed E-state index contributed by atoms with van der Waals surface area (Å²) in [7, 11) is 1.24. The molecule has 0 saturated carbocycles. The number of nitrogen functional groups attached to an aromatic ring is 2. The monoisotopic (exact) mass is 685 g/mol. The normalized spacial score (nSPS) is 18.1. The van der Waals surface area contributed by atoms with Crippen LogP contribution in [-0.4, -0.2) is 68.1 Å². The van der Waals surface area contributed by atoms with Gasteiger partial charge in [-0.15, -0.1) is 23.1 Å². The molecule has 1 saturated heterocycles. The fraction of sp³-hybridized carbons (Fsp3) is 0.222. The number of halogens is 1. The van der Waals surface area contributed by atoms with Gasteiger partial charge in [0.15, 0.2) is 29.8 Å². The molecule has 6 heterocycles. The summed E-state index contributed by atoms with van der Waals surface area (Å²) in [5.74, 6) is -2.56. The number of thioether (sulfide) groups is 1. The zero-order valence-electron chi connectivity index (χ0n) is 23.4. The first-order chi connectivity index (χ1) is 21.5. The molecular formula is C27H24ClN9O5S3. The van der Waals surface area contributed by atoms with Crippen LogP contribution in [0.25, 0.3) is 10.9 Å². The van der Waals surface area contributed by atoms with E-state index < -0.39 is 29.2 Å². The molecule has 14 nitrogen and oxygen atoms in total. The SMILES string of the molecule is CO/N=C(\C(=O)N[C@@H]1C(=O)N2C(C(=O)[O-])=C(C[n+]3ccc4ccn(Cc5cc(C(=N)N)cs5)c4c3)CS[C@H]12)c1nc(N)sc1Cl. The summed E-state index contributed by atoms with van der Waals surface area (Å²) < 4.78 is 4.03. The van der Waals surface area contributed by atoms with Crippen LogP contribution in [0.3, 0.4) is 0 Å². The summed E-state index contributed by atoms with van der Waals surface area (Å²) in [6.45, 7) is 0.775. The molecule has 2 amide bonds. The molecule has 0 aliphatic carbocycles. The Morgan fingerprint density at radius 2 is 2.18 bits per heavy atom. The highest BCUT2D eigenvalue weighted by molar-refractivity contribution is 8.00. The molecule has 2 aliphatic rings. The highest BCUT2D eigenvalue weighted by Gasteiger charge is 2.53. The topological polar surface area (TPSA) is 209 Å². The van der Waals surface area contributed by atoms with E-state index in [4.69, 9.17) is 33.3 Å². The number of nitrogens with two attached hydrogens (primary N) is 2. The van der Waals surface area contributed by atoms with Gasteiger partial charge in [0, 0.05) is 44.8 Å². The number of nitrogens with one attached hydrogen (secondary N) is 2. The number of carbonyl (C=O) groups is 3. The van der Waals surface area contributed by atoms with E-state index in [9.17, 15) is 19.5 Å². The third-order valence-corrected chi connectivity index (χ3v) is 10.5. The van der Waals surface area contributed by atoms with Gasteiger partial charge in [0.05, 0.1) is 18.2 Å². The van der Waals surface area contributed by atoms with Crippen molar-refractivity contribution in [2.75, 3.05) is 18.6 Å². The lowest BCUT2D eigenvalue weighted by atomic mass is 10.0. The van der Waals surface area contributed by atoms with E-state index in [0.29, 0.717) is 17.7 Å². The van der Waals surface area contributed by atoms with Gasteiger partial charge in [0.2, 0.25) is 0 Å². The van der Waals surface area contributed by atoms with E-state index in [1.54, 1.807) is 0 Å². The number of hydrogen-bond acceptors (Lipinski definition) is 12. The molecule has 0 unspecified atom stereocenters. The molecule has 2 aliphatic heterocycles. The number of fused-ring (bicyclic) bond motifs is 2. The van der Waals surface area contributed by atoms with Gasteiger partial charge in [-0.05, 0) is 12.1 Å². The maximum absolute atomic E-state index is 13.2. The third kappa shape index (κ3) is 5.74. The Balaban J connectivity index is 1.21. The van der Waals surface area contributed by atoms with Crippen molar-refractivity contribution in [1.29, 1.82) is 5.41 Å². The van der Waals surface area contributed by atoms with Crippen molar-refractivity contribution in [1.82, 2.24) is 19.8 Å². The maximum Gasteiger partial charge on any atom is 0.276 e. The molecule has 0 spiro atoms. The second-order valence-electron chi connectivity index (χ2n) is 10.0. The van der Waals surface area contributed by atoms with Crippen molar-refractivity contribution < 1.29 is 28.9 Å². The van der Waals surface area contributed by atoms with Crippen LogP contribution in [0.2, 0.25) is 4.34 Å². The predicted molar refractivity (Wildman–Crippen MR) is 169 cm³/mol. The Kier molecular flexibility index (Phi) is 8.25. The van der Waals surface area contributed by atoms with Crippen LogP contribution < -0.4 is 26.5 Å². The van der Waals surface area contributed by atoms with Crippen LogP contribution >= 0.6 is 46.0 Å². The third-order valence-electron chi connectivity index (χ3n) is 7.19. The number of rotatable bonds is 10. The summed E-state index contributed by atoms with van der Waals surface area (Å²) in [5.41, 5.74) is 12.9. The van der Waals surface area contributed by atoms with Gasteiger partial charge in [0.25, 0.3) is 11.8 Å². The van der Waals surface area contributed by atoms with Gasteiger partial charge in [0.1, 0.15) is 39.9 Å². The molecule has 0 radical (unpaired) electrons. The number of thiazole rings is 1. The summed E-state index contributed by atoms with van der Waals surface area (Å²) in [4.78, 5) is 49.7. The molecule has 6 N–H and O–H groups in total. The number of pyridine rings is 1. The maximum atomic E-state index is 13.2. The highest BCUT2D eigenvalue weighted by atomic mass is 35.5. The van der Waals surface area contributed by atoms with Crippen LogP contribution in [0.15, 0.2) is 58.6 Å². The van der Waals surface area contributed by atoms with Gasteiger partial charge < -0.3 is 36.1 Å². The lowest BCUT2D eigenvalue weighted by Gasteiger charge is -2.50. The van der Waals surface area contributed by atoms with Crippen molar-refractivity contribution in [2.45, 2.75) is 24.5 Å². The molecule has 45 heavy (non-hydrogen) atoms. The van der Waals surface area contributed by atoms with E-state index in [2.05, 4.69) is 20.0 Å². The van der Waals surface area contributed by atoms with E-state index >= 15 is 0 Å². The number of nitrogens with zero attached hydrogens (tertiary/aromatic N) is 5. The lowest BCUT2D eigenvalue weighted by Crippen LogP contribution is -2.71. The Hall–Kier alpha value is -4.45. The van der Waals surface area contributed by atoms with Crippen molar-refractivity contribution >= 4 is 91.4 Å².